The molecule has 2 atom stereocenters. The lowest BCUT2D eigenvalue weighted by molar-refractivity contribution is -0.145. The first-order valence-corrected chi connectivity index (χ1v) is 8.97. The van der Waals surface area contributed by atoms with Crippen LogP contribution in [0, 0.1) is 0 Å². The Morgan fingerprint density at radius 3 is 2.43 bits per heavy atom. The average molecular weight is 399 g/mol. The van der Waals surface area contributed by atoms with Crippen LogP contribution in [0.5, 0.6) is 0 Å². The molecule has 0 aromatic heterocycles. The summed E-state index contributed by atoms with van der Waals surface area (Å²) in [4.78, 5) is 25.3. The highest BCUT2D eigenvalue weighted by Crippen LogP contribution is 2.32. The molecule has 0 saturated carbocycles. The maximum atomic E-state index is 12.8. The van der Waals surface area contributed by atoms with E-state index in [0.717, 1.165) is 30.5 Å². The fourth-order valence-electron chi connectivity index (χ4n) is 3.26. The standard InChI is InChI=1S/C20H24F3NO4/c1-13(25)28-18-7-5-4-6-14(18)12-17(19(26)27-3)24(2)16-10-8-15(9-11-16)20(21,22)23/h6,8-11,17-18H,4-5,7,12H2,1-3H3/t17-,18?/m1/s1. The number of benzene rings is 1. The second-order valence-corrected chi connectivity index (χ2v) is 6.71. The van der Waals surface area contributed by atoms with E-state index >= 15 is 0 Å². The van der Waals surface area contributed by atoms with Gasteiger partial charge in [0.15, 0.2) is 0 Å². The van der Waals surface area contributed by atoms with E-state index in [4.69, 9.17) is 9.47 Å². The summed E-state index contributed by atoms with van der Waals surface area (Å²) in [5.41, 5.74) is 0.503. The molecule has 154 valence electrons. The van der Waals surface area contributed by atoms with Gasteiger partial charge in [0.05, 0.1) is 12.7 Å². The molecule has 0 amide bonds. The van der Waals surface area contributed by atoms with Crippen LogP contribution in [0.15, 0.2) is 35.9 Å². The lowest BCUT2D eigenvalue weighted by Gasteiger charge is -2.32. The average Bonchev–Trinajstić information content (AvgIpc) is 2.65. The Morgan fingerprint density at radius 2 is 1.89 bits per heavy atom. The highest BCUT2D eigenvalue weighted by atomic mass is 19.4. The van der Waals surface area contributed by atoms with Gasteiger partial charge >= 0.3 is 18.1 Å². The summed E-state index contributed by atoms with van der Waals surface area (Å²) in [6.07, 6.45) is -0.272. The third kappa shape index (κ3) is 5.50. The lowest BCUT2D eigenvalue weighted by Crippen LogP contribution is -2.41. The van der Waals surface area contributed by atoms with Crippen LogP contribution in [-0.2, 0) is 25.2 Å². The van der Waals surface area contributed by atoms with Crippen molar-refractivity contribution in [3.63, 3.8) is 0 Å². The summed E-state index contributed by atoms with van der Waals surface area (Å²) in [6.45, 7) is 1.33. The van der Waals surface area contributed by atoms with Crippen molar-refractivity contribution >= 4 is 17.6 Å². The summed E-state index contributed by atoms with van der Waals surface area (Å²) in [6, 6.07) is 3.82. The van der Waals surface area contributed by atoms with Gasteiger partial charge in [-0.2, -0.15) is 13.2 Å². The third-order valence-electron chi connectivity index (χ3n) is 4.77. The number of carbonyl (C=O) groups excluding carboxylic acids is 2. The predicted molar refractivity (Wildman–Crippen MR) is 97.8 cm³/mol. The van der Waals surface area contributed by atoms with Crippen LogP contribution < -0.4 is 4.90 Å². The molecule has 0 spiro atoms. The van der Waals surface area contributed by atoms with Gasteiger partial charge in [0.1, 0.15) is 12.1 Å². The van der Waals surface area contributed by atoms with E-state index in [2.05, 4.69) is 0 Å². The minimum Gasteiger partial charge on any atom is -0.467 e. The highest BCUT2D eigenvalue weighted by molar-refractivity contribution is 5.80. The largest absolute Gasteiger partial charge is 0.467 e. The van der Waals surface area contributed by atoms with Gasteiger partial charge in [-0.25, -0.2) is 4.79 Å². The van der Waals surface area contributed by atoms with Crippen molar-refractivity contribution in [3.05, 3.63) is 41.5 Å². The molecule has 1 aromatic carbocycles. The summed E-state index contributed by atoms with van der Waals surface area (Å²) < 4.78 is 48.6. The van der Waals surface area contributed by atoms with Crippen molar-refractivity contribution < 1.29 is 32.2 Å². The second kappa shape index (κ2) is 9.12. The van der Waals surface area contributed by atoms with E-state index in [1.54, 1.807) is 11.9 Å². The van der Waals surface area contributed by atoms with Crippen molar-refractivity contribution in [3.8, 4) is 0 Å². The molecule has 8 heteroatoms. The maximum Gasteiger partial charge on any atom is 0.416 e. The first-order chi connectivity index (χ1) is 13.1. The number of esters is 2. The van der Waals surface area contributed by atoms with Gasteiger partial charge in [-0.05, 0) is 49.1 Å². The fraction of sp³-hybridized carbons (Fsp3) is 0.500. The minimum absolute atomic E-state index is 0.252. The van der Waals surface area contributed by atoms with Crippen molar-refractivity contribution in [1.82, 2.24) is 0 Å². The normalized spacial score (nSPS) is 18.1. The molecule has 1 aliphatic carbocycles. The van der Waals surface area contributed by atoms with E-state index in [1.807, 2.05) is 6.08 Å². The molecule has 1 unspecified atom stereocenters. The number of anilines is 1. The van der Waals surface area contributed by atoms with Crippen LogP contribution in [0.4, 0.5) is 18.9 Å². The number of nitrogens with zero attached hydrogens (tertiary/aromatic N) is 1. The van der Waals surface area contributed by atoms with Crippen molar-refractivity contribution in [2.45, 2.75) is 50.9 Å². The predicted octanol–water partition coefficient (Wildman–Crippen LogP) is 4.12. The van der Waals surface area contributed by atoms with Crippen LogP contribution in [-0.4, -0.2) is 38.2 Å². The number of carbonyl (C=O) groups is 2. The Labute approximate surface area is 162 Å². The van der Waals surface area contributed by atoms with E-state index < -0.39 is 35.8 Å². The molecule has 0 fully saturated rings. The molecule has 2 rings (SSSR count). The summed E-state index contributed by atoms with van der Waals surface area (Å²) in [5, 5.41) is 0. The lowest BCUT2D eigenvalue weighted by atomic mass is 9.91. The molecule has 0 N–H and O–H groups in total. The molecule has 28 heavy (non-hydrogen) atoms. The molecule has 0 saturated heterocycles. The zero-order chi connectivity index (χ0) is 20.9. The Bertz CT molecular complexity index is 728. The van der Waals surface area contributed by atoms with Crippen LogP contribution in [0.2, 0.25) is 0 Å². The first kappa shape index (κ1) is 21.8. The molecule has 0 heterocycles. The molecule has 0 bridgehead atoms. The number of rotatable bonds is 6. The van der Waals surface area contributed by atoms with Crippen molar-refractivity contribution in [2.24, 2.45) is 0 Å². The highest BCUT2D eigenvalue weighted by Gasteiger charge is 2.32. The molecule has 0 radical (unpaired) electrons. The molecular weight excluding hydrogens is 375 g/mol. The first-order valence-electron chi connectivity index (χ1n) is 8.97. The quantitative estimate of drug-likeness (QED) is 0.532. The fourth-order valence-corrected chi connectivity index (χ4v) is 3.26. The van der Waals surface area contributed by atoms with Gasteiger partial charge in [0, 0.05) is 26.1 Å². The molecule has 1 aliphatic rings. The minimum atomic E-state index is -4.43. The number of allylic oxidation sites excluding steroid dienone is 1. The van der Waals surface area contributed by atoms with Gasteiger partial charge in [0.25, 0.3) is 0 Å². The smallest absolute Gasteiger partial charge is 0.416 e. The number of hydrogen-bond acceptors (Lipinski definition) is 5. The van der Waals surface area contributed by atoms with Crippen LogP contribution in [0.3, 0.4) is 0 Å². The molecule has 1 aromatic rings. The topological polar surface area (TPSA) is 55.8 Å². The Morgan fingerprint density at radius 1 is 1.25 bits per heavy atom. The van der Waals surface area contributed by atoms with Gasteiger partial charge in [0.2, 0.25) is 0 Å². The monoisotopic (exact) mass is 399 g/mol. The SMILES string of the molecule is COC(=O)[C@@H](CC1=CCCCC1OC(C)=O)N(C)c1ccc(C(F)(F)F)cc1. The molecule has 0 aliphatic heterocycles. The Kier molecular flexibility index (Phi) is 7.10. The van der Waals surface area contributed by atoms with E-state index in [9.17, 15) is 22.8 Å². The zero-order valence-corrected chi connectivity index (χ0v) is 16.1. The van der Waals surface area contributed by atoms with Gasteiger partial charge < -0.3 is 14.4 Å². The summed E-state index contributed by atoms with van der Waals surface area (Å²) in [7, 11) is 2.88. The van der Waals surface area contributed by atoms with Crippen LogP contribution >= 0.6 is 0 Å². The number of likely N-dealkylation sites (N-methyl/N-ethyl adjacent to an activating group) is 1. The van der Waals surface area contributed by atoms with E-state index in [-0.39, 0.29) is 6.42 Å². The van der Waals surface area contributed by atoms with Gasteiger partial charge in [-0.1, -0.05) is 6.08 Å². The molecular formula is C20H24F3NO4. The maximum absolute atomic E-state index is 12.8. The second-order valence-electron chi connectivity index (χ2n) is 6.71. The Balaban J connectivity index is 2.24. The molecule has 5 nitrogen and oxygen atoms in total. The van der Waals surface area contributed by atoms with E-state index in [0.29, 0.717) is 12.1 Å². The van der Waals surface area contributed by atoms with E-state index in [1.165, 1.54) is 26.2 Å². The Hall–Kier alpha value is -2.51. The van der Waals surface area contributed by atoms with Gasteiger partial charge in [-0.15, -0.1) is 0 Å². The van der Waals surface area contributed by atoms with Crippen LogP contribution in [0.1, 0.15) is 38.2 Å². The van der Waals surface area contributed by atoms with Gasteiger partial charge in [-0.3, -0.25) is 4.79 Å². The zero-order valence-electron chi connectivity index (χ0n) is 16.1. The summed E-state index contributed by atoms with van der Waals surface area (Å²) >= 11 is 0. The summed E-state index contributed by atoms with van der Waals surface area (Å²) in [5.74, 6) is -0.918. The number of alkyl halides is 3. The van der Waals surface area contributed by atoms with Crippen LogP contribution in [0.25, 0.3) is 0 Å². The van der Waals surface area contributed by atoms with Crippen molar-refractivity contribution in [2.75, 3.05) is 19.1 Å². The number of ether oxygens (including phenoxy) is 2. The number of halogens is 3. The number of hydrogen-bond donors (Lipinski definition) is 0. The third-order valence-corrected chi connectivity index (χ3v) is 4.77. The number of methoxy groups -OCH3 is 1. The van der Waals surface area contributed by atoms with Crippen molar-refractivity contribution in [1.29, 1.82) is 0 Å².